The van der Waals surface area contributed by atoms with Crippen molar-refractivity contribution in [2.75, 3.05) is 6.54 Å². The molecule has 0 atom stereocenters. The second-order valence-corrected chi connectivity index (χ2v) is 4.85. The van der Waals surface area contributed by atoms with Crippen molar-refractivity contribution in [2.45, 2.75) is 13.1 Å². The Hall–Kier alpha value is -1.76. The summed E-state index contributed by atoms with van der Waals surface area (Å²) in [6, 6.07) is 3.44. The minimum absolute atomic E-state index is 0.00708. The van der Waals surface area contributed by atoms with Crippen LogP contribution in [0.1, 0.15) is 16.2 Å². The van der Waals surface area contributed by atoms with Gasteiger partial charge in [0, 0.05) is 24.8 Å². The van der Waals surface area contributed by atoms with E-state index in [-0.39, 0.29) is 5.91 Å². The van der Waals surface area contributed by atoms with Crippen LogP contribution in [0, 0.1) is 0 Å². The van der Waals surface area contributed by atoms with Gasteiger partial charge in [-0.1, -0.05) is 0 Å². The summed E-state index contributed by atoms with van der Waals surface area (Å²) >= 11 is 3.27. The maximum atomic E-state index is 12.3. The summed E-state index contributed by atoms with van der Waals surface area (Å²) < 4.78 is 2.63. The van der Waals surface area contributed by atoms with Gasteiger partial charge in [-0.25, -0.2) is 4.98 Å². The van der Waals surface area contributed by atoms with Gasteiger partial charge in [0.1, 0.15) is 10.9 Å². The first-order chi connectivity index (χ1) is 8.74. The number of hydrogen-bond acceptors (Lipinski definition) is 4. The molecule has 0 aliphatic carbocycles. The molecule has 3 heterocycles. The van der Waals surface area contributed by atoms with Crippen molar-refractivity contribution in [2.24, 2.45) is 0 Å². The molecule has 0 unspecified atom stereocenters. The normalized spacial score (nSPS) is 14.4. The summed E-state index contributed by atoms with van der Waals surface area (Å²) in [7, 11) is 0. The van der Waals surface area contributed by atoms with Gasteiger partial charge in [-0.3, -0.25) is 4.79 Å². The van der Waals surface area contributed by atoms with Gasteiger partial charge in [0.25, 0.3) is 5.91 Å². The predicted molar refractivity (Wildman–Crippen MR) is 66.7 cm³/mol. The molecule has 0 saturated heterocycles. The second kappa shape index (κ2) is 4.49. The van der Waals surface area contributed by atoms with E-state index in [9.17, 15) is 4.79 Å². The Morgan fingerprint density at radius 2 is 2.28 bits per heavy atom. The SMILES string of the molecule is O=C(c1ccnc(Br)c1)N1CCn2cnnc2C1. The standard InChI is InChI=1S/C11H10BrN5O/c12-9-5-8(1-2-13-9)11(18)16-3-4-17-7-14-15-10(17)6-16/h1-2,5,7H,3-4,6H2. The van der Waals surface area contributed by atoms with Crippen LogP contribution < -0.4 is 0 Å². The summed E-state index contributed by atoms with van der Waals surface area (Å²) in [5.74, 6) is 0.815. The first kappa shape index (κ1) is 11.3. The van der Waals surface area contributed by atoms with E-state index >= 15 is 0 Å². The van der Waals surface area contributed by atoms with Gasteiger partial charge >= 0.3 is 0 Å². The molecule has 6 nitrogen and oxygen atoms in total. The van der Waals surface area contributed by atoms with E-state index in [1.165, 1.54) is 0 Å². The van der Waals surface area contributed by atoms with E-state index in [0.29, 0.717) is 23.3 Å². The highest BCUT2D eigenvalue weighted by Gasteiger charge is 2.22. The van der Waals surface area contributed by atoms with Crippen LogP contribution in [0.3, 0.4) is 0 Å². The van der Waals surface area contributed by atoms with Crippen molar-refractivity contribution in [3.05, 3.63) is 40.6 Å². The van der Waals surface area contributed by atoms with Gasteiger partial charge < -0.3 is 9.47 Å². The third-order valence-corrected chi connectivity index (χ3v) is 3.33. The number of halogens is 1. The Morgan fingerprint density at radius 3 is 3.11 bits per heavy atom. The topological polar surface area (TPSA) is 63.9 Å². The molecule has 1 amide bonds. The molecular weight excluding hydrogens is 298 g/mol. The van der Waals surface area contributed by atoms with Crippen LogP contribution in [0.25, 0.3) is 0 Å². The van der Waals surface area contributed by atoms with Crippen molar-refractivity contribution in [1.82, 2.24) is 24.6 Å². The smallest absolute Gasteiger partial charge is 0.254 e. The van der Waals surface area contributed by atoms with Crippen molar-refractivity contribution in [3.8, 4) is 0 Å². The van der Waals surface area contributed by atoms with Crippen molar-refractivity contribution in [3.63, 3.8) is 0 Å². The number of pyridine rings is 1. The lowest BCUT2D eigenvalue weighted by Crippen LogP contribution is -2.38. The highest BCUT2D eigenvalue weighted by atomic mass is 79.9. The van der Waals surface area contributed by atoms with E-state index in [4.69, 9.17) is 0 Å². The first-order valence-corrected chi connectivity index (χ1v) is 6.31. The van der Waals surface area contributed by atoms with Gasteiger partial charge in [0.2, 0.25) is 0 Å². The molecule has 0 radical (unpaired) electrons. The Kier molecular flexibility index (Phi) is 2.83. The molecule has 0 bridgehead atoms. The monoisotopic (exact) mass is 307 g/mol. The van der Waals surface area contributed by atoms with Gasteiger partial charge in [0.05, 0.1) is 6.54 Å². The van der Waals surface area contributed by atoms with Crippen molar-refractivity contribution >= 4 is 21.8 Å². The highest BCUT2D eigenvalue weighted by molar-refractivity contribution is 9.10. The van der Waals surface area contributed by atoms with Crippen LogP contribution in [0.4, 0.5) is 0 Å². The number of rotatable bonds is 1. The average Bonchev–Trinajstić information content (AvgIpc) is 2.85. The molecule has 92 valence electrons. The maximum Gasteiger partial charge on any atom is 0.254 e. The molecule has 3 rings (SSSR count). The van der Waals surface area contributed by atoms with Crippen LogP contribution in [0.5, 0.6) is 0 Å². The highest BCUT2D eigenvalue weighted by Crippen LogP contribution is 2.15. The number of carbonyl (C=O) groups excluding carboxylic acids is 1. The summed E-state index contributed by atoms with van der Waals surface area (Å²) in [4.78, 5) is 18.1. The quantitative estimate of drug-likeness (QED) is 0.740. The lowest BCUT2D eigenvalue weighted by Gasteiger charge is -2.27. The molecule has 0 aromatic carbocycles. The largest absolute Gasteiger partial charge is 0.329 e. The number of amides is 1. The molecule has 0 spiro atoms. The minimum atomic E-state index is -0.00708. The predicted octanol–water partition coefficient (Wildman–Crippen LogP) is 1.09. The molecule has 18 heavy (non-hydrogen) atoms. The van der Waals surface area contributed by atoms with Crippen LogP contribution in [0.2, 0.25) is 0 Å². The average molecular weight is 308 g/mol. The Bertz CT molecular complexity index is 597. The zero-order valence-corrected chi connectivity index (χ0v) is 11.0. The van der Waals surface area contributed by atoms with E-state index in [1.54, 1.807) is 29.6 Å². The zero-order chi connectivity index (χ0) is 12.5. The maximum absolute atomic E-state index is 12.3. The van der Waals surface area contributed by atoms with Gasteiger partial charge in [-0.05, 0) is 28.1 Å². The molecule has 0 fully saturated rings. The zero-order valence-electron chi connectivity index (χ0n) is 9.45. The summed E-state index contributed by atoms with van der Waals surface area (Å²) in [5, 5.41) is 7.84. The van der Waals surface area contributed by atoms with E-state index in [0.717, 1.165) is 12.4 Å². The molecule has 2 aromatic rings. The number of nitrogens with zero attached hydrogens (tertiary/aromatic N) is 5. The lowest BCUT2D eigenvalue weighted by molar-refractivity contribution is 0.0707. The molecule has 7 heteroatoms. The number of aromatic nitrogens is 4. The Labute approximate surface area is 112 Å². The van der Waals surface area contributed by atoms with Crippen molar-refractivity contribution in [1.29, 1.82) is 0 Å². The summed E-state index contributed by atoms with van der Waals surface area (Å²) in [6.07, 6.45) is 3.31. The van der Waals surface area contributed by atoms with E-state index in [2.05, 4.69) is 31.1 Å². The summed E-state index contributed by atoms with van der Waals surface area (Å²) in [6.45, 7) is 1.91. The minimum Gasteiger partial charge on any atom is -0.329 e. The van der Waals surface area contributed by atoms with Gasteiger partial charge in [-0.2, -0.15) is 0 Å². The van der Waals surface area contributed by atoms with E-state index < -0.39 is 0 Å². The third kappa shape index (κ3) is 2.01. The second-order valence-electron chi connectivity index (χ2n) is 4.03. The molecule has 1 aliphatic heterocycles. The van der Waals surface area contributed by atoms with Gasteiger partial charge in [-0.15, -0.1) is 10.2 Å². The lowest BCUT2D eigenvalue weighted by atomic mass is 10.2. The third-order valence-electron chi connectivity index (χ3n) is 2.90. The number of fused-ring (bicyclic) bond motifs is 1. The Balaban J connectivity index is 1.83. The molecule has 0 N–H and O–H groups in total. The van der Waals surface area contributed by atoms with Crippen LogP contribution in [0.15, 0.2) is 29.3 Å². The van der Waals surface area contributed by atoms with Crippen molar-refractivity contribution < 1.29 is 4.79 Å². The van der Waals surface area contributed by atoms with E-state index in [1.807, 2.05) is 4.57 Å². The number of carbonyl (C=O) groups is 1. The first-order valence-electron chi connectivity index (χ1n) is 5.51. The number of hydrogen-bond donors (Lipinski definition) is 0. The molecule has 0 saturated carbocycles. The molecule has 2 aromatic heterocycles. The fourth-order valence-electron chi connectivity index (χ4n) is 1.96. The van der Waals surface area contributed by atoms with Crippen LogP contribution >= 0.6 is 15.9 Å². The molecule has 1 aliphatic rings. The van der Waals surface area contributed by atoms with Crippen LogP contribution in [-0.4, -0.2) is 37.1 Å². The van der Waals surface area contributed by atoms with Gasteiger partial charge in [0.15, 0.2) is 5.82 Å². The fourth-order valence-corrected chi connectivity index (χ4v) is 2.32. The fraction of sp³-hybridized carbons (Fsp3) is 0.273. The molecular formula is C11H10BrN5O. The van der Waals surface area contributed by atoms with Crippen LogP contribution in [-0.2, 0) is 13.1 Å². The summed E-state index contributed by atoms with van der Waals surface area (Å²) in [5.41, 5.74) is 0.629. The Morgan fingerprint density at radius 1 is 1.39 bits per heavy atom.